The van der Waals surface area contributed by atoms with Gasteiger partial charge in [0.05, 0.1) is 17.1 Å². The molecule has 158 valence electrons. The topological polar surface area (TPSA) is 76.6 Å². The number of rotatable bonds is 5. The molecule has 0 aliphatic heterocycles. The van der Waals surface area contributed by atoms with Crippen LogP contribution in [0.1, 0.15) is 22.8 Å². The van der Waals surface area contributed by atoms with E-state index in [4.69, 9.17) is 12.2 Å². The summed E-state index contributed by atoms with van der Waals surface area (Å²) in [5, 5.41) is 11.0. The van der Waals surface area contributed by atoms with Crippen molar-refractivity contribution in [3.63, 3.8) is 0 Å². The minimum Gasteiger partial charge on any atom is -0.494 e. The van der Waals surface area contributed by atoms with Crippen LogP contribution in [0.5, 0.6) is 5.88 Å². The van der Waals surface area contributed by atoms with Crippen LogP contribution < -0.4 is 5.56 Å². The molecule has 32 heavy (non-hydrogen) atoms. The minimum absolute atomic E-state index is 0.0121. The number of carbonyl (C=O) groups is 1. The molecule has 1 heterocycles. The predicted octanol–water partition coefficient (Wildman–Crippen LogP) is 5.02. The number of aliphatic imine (C=N–C) groups is 1. The maximum atomic E-state index is 13.3. The smallest absolute Gasteiger partial charge is 0.271 e. The van der Waals surface area contributed by atoms with Gasteiger partial charge in [-0.2, -0.15) is 0 Å². The zero-order valence-electron chi connectivity index (χ0n) is 17.2. The van der Waals surface area contributed by atoms with Crippen LogP contribution in [0.25, 0.3) is 11.4 Å². The molecule has 0 aliphatic rings. The largest absolute Gasteiger partial charge is 0.494 e. The predicted molar refractivity (Wildman–Crippen MR) is 128 cm³/mol. The summed E-state index contributed by atoms with van der Waals surface area (Å²) in [7, 11) is 0. The van der Waals surface area contributed by atoms with Crippen molar-refractivity contribution in [2.45, 2.75) is 6.92 Å². The van der Waals surface area contributed by atoms with Crippen molar-refractivity contribution in [1.82, 2.24) is 9.13 Å². The van der Waals surface area contributed by atoms with Crippen molar-refractivity contribution >= 4 is 29.9 Å². The highest BCUT2D eigenvalue weighted by Crippen LogP contribution is 2.22. The average Bonchev–Trinajstić information content (AvgIpc) is 2.80. The number of aromatic nitrogens is 2. The molecule has 4 rings (SSSR count). The number of para-hydroxylation sites is 2. The monoisotopic (exact) mass is 441 g/mol. The molecule has 1 N–H and O–H groups in total. The summed E-state index contributed by atoms with van der Waals surface area (Å²) in [6.07, 6.45) is 1.31. The fourth-order valence-electron chi connectivity index (χ4n) is 3.26. The molecule has 0 aliphatic carbocycles. The number of benzene rings is 3. The van der Waals surface area contributed by atoms with Crippen molar-refractivity contribution in [1.29, 1.82) is 0 Å². The van der Waals surface area contributed by atoms with E-state index in [1.165, 1.54) is 22.3 Å². The van der Waals surface area contributed by atoms with Crippen molar-refractivity contribution in [2.75, 3.05) is 0 Å². The van der Waals surface area contributed by atoms with E-state index in [-0.39, 0.29) is 22.0 Å². The summed E-state index contributed by atoms with van der Waals surface area (Å²) < 4.78 is 2.93. The van der Waals surface area contributed by atoms with Crippen LogP contribution in [0.15, 0.2) is 94.7 Å². The Labute approximate surface area is 189 Å². The fraction of sp³-hybridized carbons (Fsp3) is 0.0400. The fourth-order valence-corrected chi connectivity index (χ4v) is 3.64. The first-order chi connectivity index (χ1) is 15.5. The van der Waals surface area contributed by atoms with Gasteiger partial charge in [0, 0.05) is 11.8 Å². The number of aromatic hydroxyl groups is 1. The second-order valence-corrected chi connectivity index (χ2v) is 7.39. The number of hydrogen-bond acceptors (Lipinski definition) is 5. The van der Waals surface area contributed by atoms with E-state index in [0.717, 1.165) is 0 Å². The van der Waals surface area contributed by atoms with Crippen molar-refractivity contribution in [3.8, 4) is 17.3 Å². The summed E-state index contributed by atoms with van der Waals surface area (Å²) in [5.41, 5.74) is 1.79. The first-order valence-electron chi connectivity index (χ1n) is 9.84. The lowest BCUT2D eigenvalue weighted by molar-refractivity contribution is 0.101. The molecule has 6 nitrogen and oxygen atoms in total. The molecule has 7 heteroatoms. The molecular formula is C25H19N3O3S. The molecule has 0 amide bonds. The van der Waals surface area contributed by atoms with Crippen LogP contribution in [0.2, 0.25) is 0 Å². The Hall–Kier alpha value is -4.10. The second-order valence-electron chi connectivity index (χ2n) is 7.03. The third kappa shape index (κ3) is 4.06. The quantitative estimate of drug-likeness (QED) is 0.268. The third-order valence-electron chi connectivity index (χ3n) is 4.91. The SMILES string of the molecule is CC(=O)c1ccc(N=Cc2c(O)n(-c3ccccc3)c(=S)n(-c3ccccc3)c2=O)cc1. The summed E-state index contributed by atoms with van der Waals surface area (Å²) in [6.45, 7) is 1.49. The van der Waals surface area contributed by atoms with E-state index in [1.54, 1.807) is 60.7 Å². The van der Waals surface area contributed by atoms with Gasteiger partial charge >= 0.3 is 0 Å². The van der Waals surface area contributed by atoms with Gasteiger partial charge in [0.15, 0.2) is 10.6 Å². The van der Waals surface area contributed by atoms with Gasteiger partial charge in [-0.3, -0.25) is 23.7 Å². The highest BCUT2D eigenvalue weighted by molar-refractivity contribution is 7.71. The average molecular weight is 442 g/mol. The number of nitrogens with zero attached hydrogens (tertiary/aromatic N) is 3. The van der Waals surface area contributed by atoms with Gasteiger partial charge < -0.3 is 5.11 Å². The van der Waals surface area contributed by atoms with Gasteiger partial charge in [0.1, 0.15) is 5.56 Å². The highest BCUT2D eigenvalue weighted by Gasteiger charge is 2.18. The molecule has 1 aromatic heterocycles. The van der Waals surface area contributed by atoms with Crippen molar-refractivity contribution in [3.05, 3.63) is 111 Å². The van der Waals surface area contributed by atoms with Crippen LogP contribution >= 0.6 is 12.2 Å². The van der Waals surface area contributed by atoms with Crippen LogP contribution in [0.4, 0.5) is 5.69 Å². The summed E-state index contributed by atoms with van der Waals surface area (Å²) in [5.74, 6) is -0.351. The number of Topliss-reactive ketones (excluding diaryl/α,β-unsaturated/α-hetero) is 1. The summed E-state index contributed by atoms with van der Waals surface area (Å²) in [6, 6.07) is 24.7. The van der Waals surface area contributed by atoms with Crippen molar-refractivity contribution in [2.24, 2.45) is 4.99 Å². The van der Waals surface area contributed by atoms with Gasteiger partial charge in [-0.05, 0) is 67.7 Å². The molecule has 0 unspecified atom stereocenters. The van der Waals surface area contributed by atoms with E-state index in [9.17, 15) is 14.7 Å². The second kappa shape index (κ2) is 8.95. The Morgan fingerprint density at radius 2 is 1.41 bits per heavy atom. The lowest BCUT2D eigenvalue weighted by Crippen LogP contribution is -2.27. The molecule has 0 atom stereocenters. The molecule has 0 spiro atoms. The Morgan fingerprint density at radius 3 is 1.94 bits per heavy atom. The van der Waals surface area contributed by atoms with E-state index < -0.39 is 5.56 Å². The number of hydrogen-bond donors (Lipinski definition) is 1. The van der Waals surface area contributed by atoms with E-state index in [0.29, 0.717) is 22.6 Å². The maximum Gasteiger partial charge on any atom is 0.271 e. The molecule has 3 aromatic carbocycles. The van der Waals surface area contributed by atoms with Gasteiger partial charge in [-0.1, -0.05) is 36.4 Å². The molecule has 0 bridgehead atoms. The highest BCUT2D eigenvalue weighted by atomic mass is 32.1. The van der Waals surface area contributed by atoms with Crippen molar-refractivity contribution < 1.29 is 9.90 Å². The van der Waals surface area contributed by atoms with Crippen LogP contribution in [-0.4, -0.2) is 26.2 Å². The van der Waals surface area contributed by atoms with Gasteiger partial charge in [-0.15, -0.1) is 0 Å². The van der Waals surface area contributed by atoms with E-state index >= 15 is 0 Å². The normalized spacial score (nSPS) is 11.0. The lowest BCUT2D eigenvalue weighted by atomic mass is 10.1. The van der Waals surface area contributed by atoms with Crippen LogP contribution in [0, 0.1) is 4.77 Å². The number of carbonyl (C=O) groups excluding carboxylic acids is 1. The first kappa shape index (κ1) is 21.1. The first-order valence-corrected chi connectivity index (χ1v) is 10.2. The Morgan fingerprint density at radius 1 is 0.875 bits per heavy atom. The Kier molecular flexibility index (Phi) is 5.91. The van der Waals surface area contributed by atoms with Gasteiger partial charge in [-0.25, -0.2) is 0 Å². The van der Waals surface area contributed by atoms with Crippen LogP contribution in [-0.2, 0) is 0 Å². The van der Waals surface area contributed by atoms with Crippen LogP contribution in [0.3, 0.4) is 0 Å². The minimum atomic E-state index is -0.491. The maximum absolute atomic E-state index is 13.3. The zero-order chi connectivity index (χ0) is 22.7. The Balaban J connectivity index is 1.93. The number of ketones is 1. The zero-order valence-corrected chi connectivity index (χ0v) is 18.0. The summed E-state index contributed by atoms with van der Waals surface area (Å²) in [4.78, 5) is 29.2. The molecular weight excluding hydrogens is 422 g/mol. The molecule has 0 fully saturated rings. The standard InChI is InChI=1S/C25H19N3O3S/c1-17(29)18-12-14-19(15-13-18)26-16-22-23(30)27(20-8-4-2-5-9-20)25(32)28(24(22)31)21-10-6-3-7-11-21/h2-16,30H,1H3. The molecule has 0 saturated heterocycles. The Bertz CT molecular complexity index is 1420. The lowest BCUT2D eigenvalue weighted by Gasteiger charge is -2.16. The van der Waals surface area contributed by atoms with E-state index in [2.05, 4.69) is 4.99 Å². The third-order valence-corrected chi connectivity index (χ3v) is 5.28. The molecule has 4 aromatic rings. The summed E-state index contributed by atoms with van der Waals surface area (Å²) >= 11 is 5.60. The molecule has 0 radical (unpaired) electrons. The van der Waals surface area contributed by atoms with E-state index in [1.807, 2.05) is 24.3 Å². The van der Waals surface area contributed by atoms with Gasteiger partial charge in [0.2, 0.25) is 5.88 Å². The van der Waals surface area contributed by atoms with Gasteiger partial charge in [0.25, 0.3) is 5.56 Å². The molecule has 0 saturated carbocycles.